The van der Waals surface area contributed by atoms with Crippen molar-refractivity contribution in [2.24, 2.45) is 0 Å². The summed E-state index contributed by atoms with van der Waals surface area (Å²) < 4.78 is 37.9. The van der Waals surface area contributed by atoms with E-state index < -0.39 is 17.9 Å². The highest BCUT2D eigenvalue weighted by Gasteiger charge is 2.16. The van der Waals surface area contributed by atoms with Crippen molar-refractivity contribution in [1.82, 2.24) is 15.0 Å². The van der Waals surface area contributed by atoms with Gasteiger partial charge in [-0.3, -0.25) is 0 Å². The number of pyridine rings is 1. The Morgan fingerprint density at radius 1 is 1.06 bits per heavy atom. The second-order valence-corrected chi connectivity index (χ2v) is 3.16. The highest BCUT2D eigenvalue weighted by Crippen LogP contribution is 2.23. The lowest BCUT2D eigenvalue weighted by Gasteiger charge is -2.04. The molecular weight excluding hydrogens is 233 g/mol. The summed E-state index contributed by atoms with van der Waals surface area (Å²) in [6.45, 7) is 0. The van der Waals surface area contributed by atoms with Gasteiger partial charge in [-0.1, -0.05) is 0 Å². The highest BCUT2D eigenvalue weighted by molar-refractivity contribution is 5.55. The van der Waals surface area contributed by atoms with Crippen LogP contribution in [0.4, 0.5) is 19.1 Å². The minimum absolute atomic E-state index is 0.00720. The molecule has 2 N–H and O–H groups in total. The molecule has 0 saturated carbocycles. The Balaban J connectivity index is 2.50. The molecule has 2 aromatic heterocycles. The molecular formula is C10H7F3N4. The molecule has 0 aromatic carbocycles. The average molecular weight is 240 g/mol. The van der Waals surface area contributed by atoms with Gasteiger partial charge in [0.15, 0.2) is 5.82 Å². The summed E-state index contributed by atoms with van der Waals surface area (Å²) in [5, 5.41) is 0. The predicted molar refractivity (Wildman–Crippen MR) is 54.6 cm³/mol. The van der Waals surface area contributed by atoms with Crippen molar-refractivity contribution in [3.63, 3.8) is 0 Å². The van der Waals surface area contributed by atoms with E-state index in [0.29, 0.717) is 0 Å². The molecule has 0 saturated heterocycles. The third-order valence-corrected chi connectivity index (χ3v) is 2.02. The molecule has 2 aromatic rings. The summed E-state index contributed by atoms with van der Waals surface area (Å²) >= 11 is 0. The molecule has 0 atom stereocenters. The topological polar surface area (TPSA) is 64.7 Å². The largest absolute Gasteiger partial charge is 0.368 e. The van der Waals surface area contributed by atoms with E-state index in [1.54, 1.807) is 0 Å². The lowest BCUT2D eigenvalue weighted by Crippen LogP contribution is -2.00. The summed E-state index contributed by atoms with van der Waals surface area (Å²) in [5.74, 6) is -1.06. The quantitative estimate of drug-likeness (QED) is 0.873. The first-order valence-electron chi connectivity index (χ1n) is 4.61. The fraction of sp³-hybridized carbons (Fsp3) is 0.100. The molecule has 2 rings (SSSR count). The molecule has 0 bridgehead atoms. The summed E-state index contributed by atoms with van der Waals surface area (Å²) in [4.78, 5) is 11.0. The molecule has 0 fully saturated rings. The minimum Gasteiger partial charge on any atom is -0.368 e. The van der Waals surface area contributed by atoms with Gasteiger partial charge in [0, 0.05) is 6.20 Å². The zero-order chi connectivity index (χ0) is 12.4. The number of hydrogen-bond donors (Lipinski definition) is 1. The van der Waals surface area contributed by atoms with Crippen LogP contribution in [0.15, 0.2) is 24.4 Å². The normalized spacial score (nSPS) is 10.8. The van der Waals surface area contributed by atoms with Crippen LogP contribution in [-0.4, -0.2) is 15.0 Å². The number of hydrogen-bond acceptors (Lipinski definition) is 4. The standard InChI is InChI=1S/C10H7F3N4/c11-5-1-2-6(16-8(5)9(12)13)7-3-4-15-10(14)17-7/h1-4,9H,(H2,14,15,17). The zero-order valence-electron chi connectivity index (χ0n) is 8.44. The Morgan fingerprint density at radius 2 is 1.76 bits per heavy atom. The third kappa shape index (κ3) is 2.32. The zero-order valence-corrected chi connectivity index (χ0v) is 8.44. The summed E-state index contributed by atoms with van der Waals surface area (Å²) in [6, 6.07) is 3.62. The van der Waals surface area contributed by atoms with E-state index >= 15 is 0 Å². The van der Waals surface area contributed by atoms with Crippen molar-refractivity contribution in [3.8, 4) is 11.4 Å². The lowest BCUT2D eigenvalue weighted by molar-refractivity contribution is 0.140. The van der Waals surface area contributed by atoms with E-state index in [4.69, 9.17) is 5.73 Å². The molecule has 17 heavy (non-hydrogen) atoms. The van der Waals surface area contributed by atoms with Gasteiger partial charge in [0.05, 0.1) is 11.4 Å². The first-order chi connectivity index (χ1) is 8.08. The summed E-state index contributed by atoms with van der Waals surface area (Å²) in [5.41, 5.74) is 4.83. The Hall–Kier alpha value is -2.18. The van der Waals surface area contributed by atoms with Gasteiger partial charge in [-0.2, -0.15) is 0 Å². The van der Waals surface area contributed by atoms with Crippen molar-refractivity contribution < 1.29 is 13.2 Å². The highest BCUT2D eigenvalue weighted by atomic mass is 19.3. The number of anilines is 1. The van der Waals surface area contributed by atoms with E-state index in [9.17, 15) is 13.2 Å². The monoisotopic (exact) mass is 240 g/mol. The lowest BCUT2D eigenvalue weighted by atomic mass is 10.2. The molecule has 0 spiro atoms. The number of halogens is 3. The van der Waals surface area contributed by atoms with Crippen molar-refractivity contribution >= 4 is 5.95 Å². The minimum atomic E-state index is -2.98. The van der Waals surface area contributed by atoms with Crippen molar-refractivity contribution in [3.05, 3.63) is 35.9 Å². The second-order valence-electron chi connectivity index (χ2n) is 3.16. The number of alkyl halides is 2. The average Bonchev–Trinajstić information content (AvgIpc) is 2.29. The van der Waals surface area contributed by atoms with Gasteiger partial charge >= 0.3 is 0 Å². The van der Waals surface area contributed by atoms with Crippen LogP contribution >= 0.6 is 0 Å². The Labute approximate surface area is 94.3 Å². The third-order valence-electron chi connectivity index (χ3n) is 2.02. The predicted octanol–water partition coefficient (Wildman–Crippen LogP) is 2.20. The number of rotatable bonds is 2. The second kappa shape index (κ2) is 4.36. The number of aromatic nitrogens is 3. The van der Waals surface area contributed by atoms with E-state index in [-0.39, 0.29) is 17.3 Å². The smallest absolute Gasteiger partial charge is 0.283 e. The molecule has 88 valence electrons. The first kappa shape index (κ1) is 11.3. The van der Waals surface area contributed by atoms with Gasteiger partial charge in [0.1, 0.15) is 5.69 Å². The SMILES string of the molecule is Nc1nccc(-c2ccc(F)c(C(F)F)n2)n1. The molecule has 2 heterocycles. The van der Waals surface area contributed by atoms with Crippen LogP contribution in [0.1, 0.15) is 12.1 Å². The number of nitrogen functional groups attached to an aromatic ring is 1. The maximum Gasteiger partial charge on any atom is 0.283 e. The molecule has 4 nitrogen and oxygen atoms in total. The van der Waals surface area contributed by atoms with Crippen LogP contribution in [-0.2, 0) is 0 Å². The van der Waals surface area contributed by atoms with Crippen LogP contribution in [0.25, 0.3) is 11.4 Å². The Morgan fingerprint density at radius 3 is 2.41 bits per heavy atom. The fourth-order valence-corrected chi connectivity index (χ4v) is 1.27. The van der Waals surface area contributed by atoms with E-state index in [1.165, 1.54) is 18.3 Å². The van der Waals surface area contributed by atoms with Crippen molar-refractivity contribution in [2.75, 3.05) is 5.73 Å². The van der Waals surface area contributed by atoms with E-state index in [0.717, 1.165) is 6.07 Å². The molecule has 0 aliphatic rings. The summed E-state index contributed by atoms with van der Waals surface area (Å²) in [6.07, 6.45) is -1.61. The van der Waals surface area contributed by atoms with E-state index in [2.05, 4.69) is 15.0 Å². The van der Waals surface area contributed by atoms with Gasteiger partial charge in [-0.15, -0.1) is 0 Å². The van der Waals surface area contributed by atoms with Crippen LogP contribution in [0.2, 0.25) is 0 Å². The molecule has 7 heteroatoms. The molecule has 0 aliphatic heterocycles. The van der Waals surface area contributed by atoms with Gasteiger partial charge in [0.2, 0.25) is 5.95 Å². The summed E-state index contributed by atoms with van der Waals surface area (Å²) in [7, 11) is 0. The maximum absolute atomic E-state index is 13.0. The van der Waals surface area contributed by atoms with Gasteiger partial charge in [-0.25, -0.2) is 28.1 Å². The molecule has 0 aliphatic carbocycles. The van der Waals surface area contributed by atoms with Gasteiger partial charge < -0.3 is 5.73 Å². The first-order valence-corrected chi connectivity index (χ1v) is 4.61. The van der Waals surface area contributed by atoms with Crippen molar-refractivity contribution in [1.29, 1.82) is 0 Å². The van der Waals surface area contributed by atoms with Crippen LogP contribution in [0.3, 0.4) is 0 Å². The fourth-order valence-electron chi connectivity index (χ4n) is 1.27. The number of nitrogens with zero attached hydrogens (tertiary/aromatic N) is 3. The van der Waals surface area contributed by atoms with Gasteiger partial charge in [0.25, 0.3) is 6.43 Å². The molecule has 0 unspecified atom stereocenters. The van der Waals surface area contributed by atoms with Crippen LogP contribution < -0.4 is 5.73 Å². The maximum atomic E-state index is 13.0. The van der Waals surface area contributed by atoms with E-state index in [1.807, 2.05) is 0 Å². The van der Waals surface area contributed by atoms with Gasteiger partial charge in [-0.05, 0) is 18.2 Å². The Kier molecular flexibility index (Phi) is 2.90. The van der Waals surface area contributed by atoms with Crippen molar-refractivity contribution in [2.45, 2.75) is 6.43 Å². The van der Waals surface area contributed by atoms with Crippen LogP contribution in [0, 0.1) is 5.82 Å². The molecule has 0 radical (unpaired) electrons. The molecule has 0 amide bonds. The van der Waals surface area contributed by atoms with Crippen LogP contribution in [0.5, 0.6) is 0 Å². The Bertz CT molecular complexity index is 545. The number of nitrogens with two attached hydrogens (primary N) is 1.